The number of anilines is 1. The van der Waals surface area contributed by atoms with Crippen molar-refractivity contribution < 1.29 is 14.3 Å². The molecular formula is C24H31ClFN5O2. The molecule has 33 heavy (non-hydrogen) atoms. The van der Waals surface area contributed by atoms with Crippen molar-refractivity contribution in [1.82, 2.24) is 20.2 Å². The molecule has 0 bridgehead atoms. The van der Waals surface area contributed by atoms with E-state index < -0.39 is 17.8 Å². The van der Waals surface area contributed by atoms with Crippen molar-refractivity contribution in [1.29, 1.82) is 0 Å². The second-order valence-electron chi connectivity index (χ2n) is 9.25. The second kappa shape index (κ2) is 9.91. The highest BCUT2D eigenvalue weighted by Gasteiger charge is 2.35. The average Bonchev–Trinajstić information content (AvgIpc) is 3.09. The summed E-state index contributed by atoms with van der Waals surface area (Å²) in [5.74, 6) is 0.00627. The van der Waals surface area contributed by atoms with Gasteiger partial charge in [-0.25, -0.2) is 14.4 Å². The summed E-state index contributed by atoms with van der Waals surface area (Å²) >= 11 is 5.86. The van der Waals surface area contributed by atoms with Crippen LogP contribution >= 0.6 is 11.6 Å². The molecule has 2 N–H and O–H groups in total. The molecule has 2 heterocycles. The Morgan fingerprint density at radius 2 is 2.00 bits per heavy atom. The molecule has 1 amide bonds. The average molecular weight is 476 g/mol. The number of hydrogen-bond acceptors (Lipinski definition) is 6. The lowest BCUT2D eigenvalue weighted by atomic mass is 9.96. The second-order valence-corrected chi connectivity index (χ2v) is 9.66. The van der Waals surface area contributed by atoms with Gasteiger partial charge in [-0.05, 0) is 30.0 Å². The normalized spacial score (nSPS) is 21.4. The summed E-state index contributed by atoms with van der Waals surface area (Å²) in [6.07, 6.45) is 1.62. The van der Waals surface area contributed by atoms with Gasteiger partial charge in [0.15, 0.2) is 0 Å². The van der Waals surface area contributed by atoms with E-state index in [4.69, 9.17) is 11.6 Å². The minimum Gasteiger partial charge on any atom is -0.387 e. The minimum atomic E-state index is -0.548. The van der Waals surface area contributed by atoms with Crippen LogP contribution in [0.3, 0.4) is 0 Å². The van der Waals surface area contributed by atoms with Crippen molar-refractivity contribution in [2.75, 3.05) is 37.6 Å². The molecule has 3 atom stereocenters. The molecule has 0 spiro atoms. The SMILES string of the molecule is CC(C)NC[C@@H](C(=O)N1CCN(c2ncnc3c2[C@H](C)C[C@H]3O)CC1)c1ccc(Cl)c(F)c1. The van der Waals surface area contributed by atoms with Gasteiger partial charge in [-0.1, -0.05) is 38.4 Å². The third-order valence-electron chi connectivity index (χ3n) is 6.54. The molecule has 2 aliphatic rings. The predicted octanol–water partition coefficient (Wildman–Crippen LogP) is 3.24. The number of nitrogens with one attached hydrogen (secondary N) is 1. The lowest BCUT2D eigenvalue weighted by Crippen LogP contribution is -2.51. The number of hydrogen-bond donors (Lipinski definition) is 2. The van der Waals surface area contributed by atoms with E-state index in [-0.39, 0.29) is 22.9 Å². The number of piperazine rings is 1. The van der Waals surface area contributed by atoms with Crippen LogP contribution in [0.15, 0.2) is 24.5 Å². The van der Waals surface area contributed by atoms with Crippen molar-refractivity contribution in [3.05, 3.63) is 52.2 Å². The third kappa shape index (κ3) is 4.98. The van der Waals surface area contributed by atoms with Gasteiger partial charge in [0.1, 0.15) is 18.0 Å². The van der Waals surface area contributed by atoms with Crippen LogP contribution in [-0.2, 0) is 4.79 Å². The number of nitrogens with zero attached hydrogens (tertiary/aromatic N) is 4. The maximum absolute atomic E-state index is 14.1. The first kappa shape index (κ1) is 23.9. The summed E-state index contributed by atoms with van der Waals surface area (Å²) in [4.78, 5) is 26.3. The summed E-state index contributed by atoms with van der Waals surface area (Å²) in [5, 5.41) is 13.6. The lowest BCUT2D eigenvalue weighted by molar-refractivity contribution is -0.133. The first-order chi connectivity index (χ1) is 15.8. The summed E-state index contributed by atoms with van der Waals surface area (Å²) in [6.45, 7) is 8.90. The van der Waals surface area contributed by atoms with Crippen LogP contribution in [0.25, 0.3) is 0 Å². The molecule has 0 saturated carbocycles. The van der Waals surface area contributed by atoms with E-state index in [0.717, 1.165) is 17.1 Å². The monoisotopic (exact) mass is 475 g/mol. The van der Waals surface area contributed by atoms with Gasteiger partial charge in [0.25, 0.3) is 0 Å². The molecule has 0 radical (unpaired) electrons. The summed E-state index contributed by atoms with van der Waals surface area (Å²) < 4.78 is 14.1. The van der Waals surface area contributed by atoms with E-state index in [0.29, 0.717) is 44.7 Å². The molecule has 1 fully saturated rings. The van der Waals surface area contributed by atoms with Crippen molar-refractivity contribution >= 4 is 23.3 Å². The van der Waals surface area contributed by atoms with Crippen LogP contribution in [-0.4, -0.2) is 64.6 Å². The van der Waals surface area contributed by atoms with Crippen molar-refractivity contribution in [3.63, 3.8) is 0 Å². The largest absolute Gasteiger partial charge is 0.387 e. The standard InChI is InChI=1S/C24H31ClFN5O2/c1-14(2)27-12-17(16-4-5-18(25)19(26)11-16)24(33)31-8-6-30(7-9-31)23-21-15(3)10-20(32)22(21)28-13-29-23/h4-5,11,13-15,17,20,27,32H,6-10,12H2,1-3H3/t15-,17-,20-/m1/s1. The Morgan fingerprint density at radius 1 is 1.27 bits per heavy atom. The number of aliphatic hydroxyl groups excluding tert-OH is 1. The van der Waals surface area contributed by atoms with E-state index in [1.54, 1.807) is 6.07 Å². The molecular weight excluding hydrogens is 445 g/mol. The van der Waals surface area contributed by atoms with Gasteiger partial charge in [0.2, 0.25) is 5.91 Å². The van der Waals surface area contributed by atoms with Crippen LogP contribution in [0.5, 0.6) is 0 Å². The summed E-state index contributed by atoms with van der Waals surface area (Å²) in [5.41, 5.74) is 2.35. The molecule has 1 aromatic carbocycles. The summed E-state index contributed by atoms with van der Waals surface area (Å²) in [7, 11) is 0. The molecule has 1 aromatic heterocycles. The maximum atomic E-state index is 14.1. The van der Waals surface area contributed by atoms with Crippen LogP contribution in [0, 0.1) is 5.82 Å². The molecule has 178 valence electrons. The van der Waals surface area contributed by atoms with Crippen LogP contribution in [0.1, 0.15) is 62.0 Å². The van der Waals surface area contributed by atoms with E-state index in [1.807, 2.05) is 18.7 Å². The first-order valence-corrected chi connectivity index (χ1v) is 11.9. The Kier molecular flexibility index (Phi) is 7.16. The number of fused-ring (bicyclic) bond motifs is 1. The Morgan fingerprint density at radius 3 is 2.67 bits per heavy atom. The Bertz CT molecular complexity index is 1010. The highest BCUT2D eigenvalue weighted by atomic mass is 35.5. The van der Waals surface area contributed by atoms with Crippen molar-refractivity contribution in [2.24, 2.45) is 0 Å². The highest BCUT2D eigenvalue weighted by Crippen LogP contribution is 2.42. The molecule has 2 aromatic rings. The Labute approximate surface area is 199 Å². The molecule has 1 saturated heterocycles. The zero-order valence-electron chi connectivity index (χ0n) is 19.3. The van der Waals surface area contributed by atoms with Crippen molar-refractivity contribution in [2.45, 2.75) is 51.2 Å². The Balaban J connectivity index is 1.49. The molecule has 4 rings (SSSR count). The van der Waals surface area contributed by atoms with Gasteiger partial charge in [-0.15, -0.1) is 0 Å². The van der Waals surface area contributed by atoms with E-state index in [2.05, 4.69) is 27.1 Å². The van der Waals surface area contributed by atoms with Crippen LogP contribution in [0.4, 0.5) is 10.2 Å². The highest BCUT2D eigenvalue weighted by molar-refractivity contribution is 6.30. The van der Waals surface area contributed by atoms with Crippen LogP contribution < -0.4 is 10.2 Å². The fourth-order valence-electron chi connectivity index (χ4n) is 4.74. The third-order valence-corrected chi connectivity index (χ3v) is 6.85. The Hall–Kier alpha value is -2.29. The van der Waals surface area contributed by atoms with Gasteiger partial charge >= 0.3 is 0 Å². The lowest BCUT2D eigenvalue weighted by Gasteiger charge is -2.38. The molecule has 7 nitrogen and oxygen atoms in total. The number of aliphatic hydroxyl groups is 1. The smallest absolute Gasteiger partial charge is 0.231 e. The predicted molar refractivity (Wildman–Crippen MR) is 126 cm³/mol. The zero-order chi connectivity index (χ0) is 23.7. The molecule has 1 aliphatic carbocycles. The van der Waals surface area contributed by atoms with Gasteiger partial charge in [-0.3, -0.25) is 4.79 Å². The van der Waals surface area contributed by atoms with Gasteiger partial charge < -0.3 is 20.2 Å². The van der Waals surface area contributed by atoms with Gasteiger partial charge in [0, 0.05) is 44.3 Å². The molecule has 9 heteroatoms. The number of rotatable bonds is 6. The number of amides is 1. The number of benzene rings is 1. The van der Waals surface area contributed by atoms with E-state index >= 15 is 0 Å². The van der Waals surface area contributed by atoms with Gasteiger partial charge in [0.05, 0.1) is 22.7 Å². The zero-order valence-corrected chi connectivity index (χ0v) is 20.0. The number of halogens is 2. The fourth-order valence-corrected chi connectivity index (χ4v) is 4.86. The quantitative estimate of drug-likeness (QED) is 0.667. The van der Waals surface area contributed by atoms with E-state index in [1.165, 1.54) is 18.5 Å². The number of carbonyl (C=O) groups is 1. The molecule has 1 aliphatic heterocycles. The first-order valence-electron chi connectivity index (χ1n) is 11.5. The van der Waals surface area contributed by atoms with E-state index in [9.17, 15) is 14.3 Å². The topological polar surface area (TPSA) is 81.6 Å². The summed E-state index contributed by atoms with van der Waals surface area (Å²) in [6, 6.07) is 4.79. The van der Waals surface area contributed by atoms with Gasteiger partial charge in [-0.2, -0.15) is 0 Å². The number of carbonyl (C=O) groups excluding carboxylic acids is 1. The fraction of sp³-hybridized carbons (Fsp3) is 0.542. The maximum Gasteiger partial charge on any atom is 0.231 e. The number of aromatic nitrogens is 2. The minimum absolute atomic E-state index is 0.0266. The van der Waals surface area contributed by atoms with Crippen molar-refractivity contribution in [3.8, 4) is 0 Å². The molecule has 0 unspecified atom stereocenters. The van der Waals surface area contributed by atoms with Crippen LogP contribution in [0.2, 0.25) is 5.02 Å².